The minimum atomic E-state index is -0.451. The Morgan fingerprint density at radius 3 is 2.91 bits per heavy atom. The van der Waals surface area contributed by atoms with Gasteiger partial charge in [-0.05, 0) is 49.6 Å². The van der Waals surface area contributed by atoms with Crippen LogP contribution in [0.5, 0.6) is 0 Å². The summed E-state index contributed by atoms with van der Waals surface area (Å²) in [6.45, 7) is 2.99. The number of halogens is 2. The molecular weight excluding hydrogens is 428 g/mol. The third-order valence-electron chi connectivity index (χ3n) is 6.68. The second kappa shape index (κ2) is 9.07. The van der Waals surface area contributed by atoms with Crippen molar-refractivity contribution < 1.29 is 18.7 Å². The second-order valence-electron chi connectivity index (χ2n) is 8.77. The zero-order valence-corrected chi connectivity index (χ0v) is 18.3. The monoisotopic (exact) mass is 455 g/mol. The first-order chi connectivity index (χ1) is 16.0. The van der Waals surface area contributed by atoms with Gasteiger partial charge >= 0.3 is 0 Å². The number of pyridine rings is 1. The van der Waals surface area contributed by atoms with Crippen molar-refractivity contribution in [2.75, 3.05) is 37.7 Å². The quantitative estimate of drug-likeness (QED) is 0.598. The van der Waals surface area contributed by atoms with Crippen LogP contribution >= 0.6 is 0 Å². The molecule has 4 heterocycles. The van der Waals surface area contributed by atoms with Gasteiger partial charge in [0.2, 0.25) is 0 Å². The molecule has 2 aliphatic heterocycles. The lowest BCUT2D eigenvalue weighted by atomic mass is 10.0. The van der Waals surface area contributed by atoms with Crippen molar-refractivity contribution in [2.45, 2.75) is 31.3 Å². The Labute approximate surface area is 190 Å². The third kappa shape index (κ3) is 4.30. The summed E-state index contributed by atoms with van der Waals surface area (Å²) in [6, 6.07) is 7.13. The topological polar surface area (TPSA) is 73.1 Å². The van der Waals surface area contributed by atoms with Crippen LogP contribution in [0.3, 0.4) is 0 Å². The van der Waals surface area contributed by atoms with Crippen LogP contribution in [0.25, 0.3) is 5.52 Å². The van der Waals surface area contributed by atoms with Crippen LogP contribution in [0.1, 0.15) is 41.2 Å². The fraction of sp³-hybridized carbons (Fsp3) is 0.417. The molecular formula is C24H27F2N5O2. The van der Waals surface area contributed by atoms with Gasteiger partial charge in [0.05, 0.1) is 29.9 Å². The summed E-state index contributed by atoms with van der Waals surface area (Å²) >= 11 is 0. The summed E-state index contributed by atoms with van der Waals surface area (Å²) in [5.74, 6) is -1.05. The number of nitrogens with zero attached hydrogens (tertiary/aromatic N) is 4. The van der Waals surface area contributed by atoms with Gasteiger partial charge in [-0.3, -0.25) is 9.69 Å². The number of aromatic nitrogens is 2. The molecule has 7 nitrogen and oxygen atoms in total. The number of hydrogen-bond donors (Lipinski definition) is 2. The number of β-amino-alcohol motifs (C(OH)–C–C–N with tert-alkyl or cyclic N) is 1. The summed E-state index contributed by atoms with van der Waals surface area (Å²) in [5, 5.41) is 16.5. The number of carbonyl (C=O) groups excluding carboxylic acids is 1. The lowest BCUT2D eigenvalue weighted by Gasteiger charge is -2.27. The summed E-state index contributed by atoms with van der Waals surface area (Å²) in [7, 11) is 0. The summed E-state index contributed by atoms with van der Waals surface area (Å²) in [4.78, 5) is 17.2. The molecule has 0 bridgehead atoms. The Kier molecular flexibility index (Phi) is 5.99. The normalized spacial score (nSPS) is 21.2. The van der Waals surface area contributed by atoms with Crippen LogP contribution < -0.4 is 10.2 Å². The van der Waals surface area contributed by atoms with E-state index in [4.69, 9.17) is 5.11 Å². The van der Waals surface area contributed by atoms with Crippen LogP contribution in [-0.4, -0.2) is 64.4 Å². The molecule has 1 amide bonds. The van der Waals surface area contributed by atoms with E-state index in [-0.39, 0.29) is 24.6 Å². The number of nitrogens with one attached hydrogen (secondary N) is 1. The first-order valence-corrected chi connectivity index (χ1v) is 11.4. The average molecular weight is 456 g/mol. The second-order valence-corrected chi connectivity index (χ2v) is 8.77. The fourth-order valence-electron chi connectivity index (χ4n) is 5.05. The van der Waals surface area contributed by atoms with Crippen LogP contribution in [0.2, 0.25) is 0 Å². The Hall–Kier alpha value is -3.04. The number of anilines is 1. The molecule has 0 radical (unpaired) electrons. The highest BCUT2D eigenvalue weighted by Gasteiger charge is 2.30. The molecule has 2 saturated heterocycles. The van der Waals surface area contributed by atoms with Gasteiger partial charge in [-0.1, -0.05) is 0 Å². The molecule has 1 aromatic carbocycles. The lowest BCUT2D eigenvalue weighted by Crippen LogP contribution is -2.37. The van der Waals surface area contributed by atoms with E-state index < -0.39 is 11.6 Å². The van der Waals surface area contributed by atoms with E-state index in [1.807, 2.05) is 12.1 Å². The Morgan fingerprint density at radius 1 is 1.18 bits per heavy atom. The van der Waals surface area contributed by atoms with Gasteiger partial charge in [-0.25, -0.2) is 13.3 Å². The highest BCUT2D eigenvalue weighted by molar-refractivity contribution is 6.01. The predicted octanol–water partition coefficient (Wildman–Crippen LogP) is 2.75. The molecule has 3 aromatic rings. The van der Waals surface area contributed by atoms with E-state index in [2.05, 4.69) is 20.2 Å². The SMILES string of the molecule is O=C(NC1CCN(CCO)C1)c1cnn2ccc(N3CCCC3c3cc(F)ccc3F)cc12. The summed E-state index contributed by atoms with van der Waals surface area (Å²) in [5.41, 5.74) is 2.34. The largest absolute Gasteiger partial charge is 0.395 e. The van der Waals surface area contributed by atoms with Gasteiger partial charge in [-0.2, -0.15) is 5.10 Å². The molecule has 0 spiro atoms. The highest BCUT2D eigenvalue weighted by Crippen LogP contribution is 2.38. The van der Waals surface area contributed by atoms with Crippen molar-refractivity contribution in [2.24, 2.45) is 0 Å². The van der Waals surface area contributed by atoms with E-state index in [9.17, 15) is 13.6 Å². The van der Waals surface area contributed by atoms with Gasteiger partial charge < -0.3 is 15.3 Å². The number of aliphatic hydroxyl groups excluding tert-OH is 1. The molecule has 2 aliphatic rings. The number of carbonyl (C=O) groups is 1. The number of rotatable bonds is 6. The lowest BCUT2D eigenvalue weighted by molar-refractivity contribution is 0.0939. The zero-order valence-electron chi connectivity index (χ0n) is 18.3. The Balaban J connectivity index is 1.39. The van der Waals surface area contributed by atoms with Gasteiger partial charge in [0.1, 0.15) is 11.6 Å². The van der Waals surface area contributed by atoms with Gasteiger partial charge in [-0.15, -0.1) is 0 Å². The predicted molar refractivity (Wildman–Crippen MR) is 120 cm³/mol. The highest BCUT2D eigenvalue weighted by atomic mass is 19.1. The van der Waals surface area contributed by atoms with Gasteiger partial charge in [0, 0.05) is 49.7 Å². The molecule has 0 saturated carbocycles. The number of likely N-dealkylation sites (tertiary alicyclic amines) is 1. The standard InChI is InChI=1S/C24H27F2N5O2/c25-16-3-4-21(26)19(12-16)22-2-1-7-30(22)18-6-9-31-23(13-18)20(14-27-31)24(33)28-17-5-8-29(15-17)10-11-32/h3-4,6,9,12-14,17,22,32H,1-2,5,7-8,10-11,15H2,(H,28,33). The summed E-state index contributed by atoms with van der Waals surface area (Å²) < 4.78 is 29.9. The maximum Gasteiger partial charge on any atom is 0.255 e. The molecule has 0 aliphatic carbocycles. The molecule has 2 unspecified atom stereocenters. The van der Waals surface area contributed by atoms with Crippen LogP contribution in [0, 0.1) is 11.6 Å². The molecule has 2 fully saturated rings. The molecule has 2 atom stereocenters. The molecule has 2 aromatic heterocycles. The van der Waals surface area contributed by atoms with E-state index in [0.29, 0.717) is 29.7 Å². The van der Waals surface area contributed by atoms with Crippen molar-refractivity contribution in [1.29, 1.82) is 0 Å². The van der Waals surface area contributed by atoms with Crippen molar-refractivity contribution in [1.82, 2.24) is 19.8 Å². The molecule has 33 heavy (non-hydrogen) atoms. The fourth-order valence-corrected chi connectivity index (χ4v) is 5.05. The number of aliphatic hydroxyl groups is 1. The van der Waals surface area contributed by atoms with Crippen molar-refractivity contribution in [3.8, 4) is 0 Å². The number of hydrogen-bond acceptors (Lipinski definition) is 5. The van der Waals surface area contributed by atoms with Crippen molar-refractivity contribution in [3.63, 3.8) is 0 Å². The minimum Gasteiger partial charge on any atom is -0.395 e. The zero-order chi connectivity index (χ0) is 22.9. The minimum absolute atomic E-state index is 0.0288. The first kappa shape index (κ1) is 21.8. The average Bonchev–Trinajstić information content (AvgIpc) is 3.54. The van der Waals surface area contributed by atoms with Crippen molar-refractivity contribution >= 4 is 17.1 Å². The van der Waals surface area contributed by atoms with Gasteiger partial charge in [0.15, 0.2) is 0 Å². The molecule has 174 valence electrons. The number of amides is 1. The van der Waals surface area contributed by atoms with E-state index >= 15 is 0 Å². The van der Waals surface area contributed by atoms with E-state index in [1.54, 1.807) is 16.9 Å². The number of fused-ring (bicyclic) bond motifs is 1. The van der Waals surface area contributed by atoms with Crippen LogP contribution in [0.15, 0.2) is 42.7 Å². The molecule has 5 rings (SSSR count). The number of benzene rings is 1. The molecule has 2 N–H and O–H groups in total. The molecule has 9 heteroatoms. The third-order valence-corrected chi connectivity index (χ3v) is 6.68. The van der Waals surface area contributed by atoms with E-state index in [0.717, 1.165) is 44.1 Å². The maximum atomic E-state index is 14.5. The van der Waals surface area contributed by atoms with Gasteiger partial charge in [0.25, 0.3) is 5.91 Å². The van der Waals surface area contributed by atoms with Crippen LogP contribution in [0.4, 0.5) is 14.5 Å². The maximum absolute atomic E-state index is 14.5. The Morgan fingerprint density at radius 2 is 2.06 bits per heavy atom. The first-order valence-electron chi connectivity index (χ1n) is 11.4. The van der Waals surface area contributed by atoms with E-state index in [1.165, 1.54) is 12.1 Å². The Bertz CT molecular complexity index is 1170. The summed E-state index contributed by atoms with van der Waals surface area (Å²) in [6.07, 6.45) is 5.78. The smallest absolute Gasteiger partial charge is 0.255 e. The van der Waals surface area contributed by atoms with Crippen molar-refractivity contribution in [3.05, 3.63) is 65.5 Å². The van der Waals surface area contributed by atoms with Crippen LogP contribution in [-0.2, 0) is 0 Å².